The summed E-state index contributed by atoms with van der Waals surface area (Å²) in [6.45, 7) is 9.05. The number of carbonyl (C=O) groups is 2. The molecule has 194 valence electrons. The Labute approximate surface area is 227 Å². The number of amides is 2. The molecule has 2 amide bonds. The third kappa shape index (κ3) is 5.93. The zero-order chi connectivity index (χ0) is 25.3. The van der Waals surface area contributed by atoms with Gasteiger partial charge in [0.1, 0.15) is 5.41 Å². The molecule has 0 saturated carbocycles. The summed E-state index contributed by atoms with van der Waals surface area (Å²) >= 11 is 0. The quantitative estimate of drug-likeness (QED) is 0.186. The van der Waals surface area contributed by atoms with Gasteiger partial charge in [-0.2, -0.15) is 0 Å². The second kappa shape index (κ2) is 11.5. The average Bonchev–Trinajstić information content (AvgIpc) is 2.79. The zero-order valence-corrected chi connectivity index (χ0v) is 22.4. The van der Waals surface area contributed by atoms with Gasteiger partial charge in [0.25, 0.3) is 0 Å². The molecule has 0 aliphatic carbocycles. The monoisotopic (exact) mass is 540 g/mol. The van der Waals surface area contributed by atoms with Crippen LogP contribution in [-0.4, -0.2) is 21.8 Å². The first-order valence-electron chi connectivity index (χ1n) is 11.2. The van der Waals surface area contributed by atoms with Gasteiger partial charge in [-0.3, -0.25) is 19.6 Å². The molecule has 0 atom stereocenters. The first kappa shape index (κ1) is 29.4. The maximum atomic E-state index is 13.3. The Morgan fingerprint density at radius 1 is 0.838 bits per heavy atom. The van der Waals surface area contributed by atoms with Crippen molar-refractivity contribution in [1.29, 1.82) is 0 Å². The lowest BCUT2D eigenvalue weighted by Gasteiger charge is -2.26. The third-order valence-electron chi connectivity index (χ3n) is 6.01. The van der Waals surface area contributed by atoms with Crippen LogP contribution in [-0.2, 0) is 9.59 Å². The van der Waals surface area contributed by atoms with Crippen molar-refractivity contribution in [3.8, 4) is 0 Å². The van der Waals surface area contributed by atoms with Gasteiger partial charge in [0, 0.05) is 44.9 Å². The molecule has 0 fully saturated rings. The normalized spacial score (nSPS) is 10.8. The van der Waals surface area contributed by atoms with E-state index in [9.17, 15) is 9.59 Å². The van der Waals surface area contributed by atoms with Gasteiger partial charge in [0.2, 0.25) is 11.8 Å². The molecular formula is C27H30Cl2N6O2. The Morgan fingerprint density at radius 3 is 1.62 bits per heavy atom. The predicted molar refractivity (Wildman–Crippen MR) is 156 cm³/mol. The van der Waals surface area contributed by atoms with Crippen LogP contribution < -0.4 is 22.1 Å². The smallest absolute Gasteiger partial charge is 0.240 e. The van der Waals surface area contributed by atoms with Crippen molar-refractivity contribution in [3.05, 3.63) is 72.6 Å². The van der Waals surface area contributed by atoms with Crippen molar-refractivity contribution >= 4 is 81.2 Å². The van der Waals surface area contributed by atoms with Crippen LogP contribution in [0.4, 0.5) is 22.7 Å². The number of allylic oxidation sites excluding steroid dienone is 1. The number of halogens is 2. The van der Waals surface area contributed by atoms with E-state index < -0.39 is 17.2 Å². The number of rotatable bonds is 6. The van der Waals surface area contributed by atoms with Crippen LogP contribution >= 0.6 is 24.8 Å². The van der Waals surface area contributed by atoms with Crippen LogP contribution in [0, 0.1) is 19.3 Å². The van der Waals surface area contributed by atoms with Crippen LogP contribution in [0.1, 0.15) is 24.7 Å². The number of anilines is 4. The first-order chi connectivity index (χ1) is 16.6. The summed E-state index contributed by atoms with van der Waals surface area (Å²) < 4.78 is 0. The lowest BCUT2D eigenvalue weighted by atomic mass is 9.84. The van der Waals surface area contributed by atoms with E-state index in [0.717, 1.165) is 33.2 Å². The molecule has 4 aromatic rings. The molecule has 0 saturated heterocycles. The van der Waals surface area contributed by atoms with E-state index in [1.807, 2.05) is 13.8 Å². The summed E-state index contributed by atoms with van der Waals surface area (Å²) in [4.78, 5) is 35.6. The number of nitrogens with two attached hydrogens (primary N) is 2. The SMILES string of the molecule is C=CCC(C)(C(=O)Nc1ccc2nc(C)cc(N)c2c1)C(=O)Nc1ccc2nc(C)cc(N)c2c1.Cl.Cl. The minimum atomic E-state index is -1.42. The summed E-state index contributed by atoms with van der Waals surface area (Å²) in [5, 5.41) is 7.15. The van der Waals surface area contributed by atoms with Gasteiger partial charge < -0.3 is 22.1 Å². The van der Waals surface area contributed by atoms with Crippen molar-refractivity contribution in [1.82, 2.24) is 9.97 Å². The lowest BCUT2D eigenvalue weighted by Crippen LogP contribution is -2.43. The minimum absolute atomic E-state index is 0. The molecule has 2 heterocycles. The highest BCUT2D eigenvalue weighted by atomic mass is 35.5. The standard InChI is InChI=1S/C27H28N6O2.2ClH/c1-5-10-27(4,25(34)32-17-6-8-23-19(13-17)21(28)11-15(2)30-23)26(35)33-18-7-9-24-20(14-18)22(29)12-16(3)31-24;;/h5-9,11-14H,1,10H2,2-4H3,(H2,28,30)(H2,29,31)(H,32,34)(H,33,35);2*1H. The van der Waals surface area contributed by atoms with E-state index >= 15 is 0 Å². The summed E-state index contributed by atoms with van der Waals surface area (Å²) in [6, 6.07) is 14.1. The topological polar surface area (TPSA) is 136 Å². The Kier molecular flexibility index (Phi) is 9.08. The van der Waals surface area contributed by atoms with Gasteiger partial charge >= 0.3 is 0 Å². The van der Waals surface area contributed by atoms with E-state index in [4.69, 9.17) is 11.5 Å². The third-order valence-corrected chi connectivity index (χ3v) is 6.01. The number of carbonyl (C=O) groups excluding carboxylic acids is 2. The largest absolute Gasteiger partial charge is 0.398 e. The van der Waals surface area contributed by atoms with Crippen molar-refractivity contribution in [2.24, 2.45) is 5.41 Å². The van der Waals surface area contributed by atoms with Gasteiger partial charge in [0.15, 0.2) is 0 Å². The number of benzene rings is 2. The van der Waals surface area contributed by atoms with Crippen LogP contribution in [0.25, 0.3) is 21.8 Å². The molecular weight excluding hydrogens is 511 g/mol. The molecule has 6 N–H and O–H groups in total. The fraction of sp³-hybridized carbons (Fsp3) is 0.185. The molecule has 0 aliphatic heterocycles. The molecule has 0 aliphatic rings. The van der Waals surface area contributed by atoms with Gasteiger partial charge in [-0.25, -0.2) is 0 Å². The van der Waals surface area contributed by atoms with Gasteiger partial charge in [0.05, 0.1) is 11.0 Å². The Hall–Kier alpha value is -3.88. The molecule has 0 unspecified atom stereocenters. The fourth-order valence-electron chi connectivity index (χ4n) is 4.05. The number of nitrogens with one attached hydrogen (secondary N) is 2. The summed E-state index contributed by atoms with van der Waals surface area (Å²) in [5.74, 6) is -0.934. The highest BCUT2D eigenvalue weighted by Crippen LogP contribution is 2.30. The van der Waals surface area contributed by atoms with E-state index in [1.165, 1.54) is 0 Å². The molecule has 0 bridgehead atoms. The Morgan fingerprint density at radius 2 is 1.24 bits per heavy atom. The second-order valence-corrected chi connectivity index (χ2v) is 8.90. The van der Waals surface area contributed by atoms with Crippen LogP contribution in [0.15, 0.2) is 61.2 Å². The van der Waals surface area contributed by atoms with Gasteiger partial charge in [-0.15, -0.1) is 31.4 Å². The Balaban J connectivity index is 0.00000241. The number of pyridine rings is 2. The number of aryl methyl sites for hydroxylation is 2. The number of hydrogen-bond donors (Lipinski definition) is 4. The number of nitrogen functional groups attached to an aromatic ring is 2. The predicted octanol–water partition coefficient (Wildman–Crippen LogP) is 5.57. The molecule has 2 aromatic heterocycles. The minimum Gasteiger partial charge on any atom is -0.398 e. The summed E-state index contributed by atoms with van der Waals surface area (Å²) in [7, 11) is 0. The van der Waals surface area contributed by atoms with E-state index in [-0.39, 0.29) is 31.2 Å². The number of hydrogen-bond acceptors (Lipinski definition) is 6. The van der Waals surface area contributed by atoms with E-state index in [2.05, 4.69) is 27.2 Å². The molecule has 0 spiro atoms. The first-order valence-corrected chi connectivity index (χ1v) is 11.2. The molecule has 10 heteroatoms. The van der Waals surface area contributed by atoms with Crippen LogP contribution in [0.3, 0.4) is 0 Å². The molecule has 4 rings (SSSR count). The van der Waals surface area contributed by atoms with Gasteiger partial charge in [-0.1, -0.05) is 6.08 Å². The zero-order valence-electron chi connectivity index (χ0n) is 20.8. The summed E-state index contributed by atoms with van der Waals surface area (Å²) in [6.07, 6.45) is 1.69. The molecule has 0 radical (unpaired) electrons. The molecule has 2 aromatic carbocycles. The number of fused-ring (bicyclic) bond motifs is 2. The maximum Gasteiger partial charge on any atom is 0.240 e. The second-order valence-electron chi connectivity index (χ2n) is 8.90. The van der Waals surface area contributed by atoms with Gasteiger partial charge in [-0.05, 0) is 75.7 Å². The number of aromatic nitrogens is 2. The van der Waals surface area contributed by atoms with Crippen molar-refractivity contribution in [2.45, 2.75) is 27.2 Å². The Bertz CT molecular complexity index is 1400. The molecule has 8 nitrogen and oxygen atoms in total. The average molecular weight is 541 g/mol. The lowest BCUT2D eigenvalue weighted by molar-refractivity contribution is -0.136. The van der Waals surface area contributed by atoms with Crippen molar-refractivity contribution in [2.75, 3.05) is 22.1 Å². The number of nitrogens with zero attached hydrogens (tertiary/aromatic N) is 2. The fourth-order valence-corrected chi connectivity index (χ4v) is 4.05. The van der Waals surface area contributed by atoms with E-state index in [1.54, 1.807) is 61.5 Å². The van der Waals surface area contributed by atoms with Crippen molar-refractivity contribution in [3.63, 3.8) is 0 Å². The van der Waals surface area contributed by atoms with E-state index in [0.29, 0.717) is 22.7 Å². The van der Waals surface area contributed by atoms with Crippen LogP contribution in [0.5, 0.6) is 0 Å². The van der Waals surface area contributed by atoms with Crippen molar-refractivity contribution < 1.29 is 9.59 Å². The summed E-state index contributed by atoms with van der Waals surface area (Å²) in [5.41, 5.74) is 16.1. The van der Waals surface area contributed by atoms with Crippen LogP contribution in [0.2, 0.25) is 0 Å². The highest BCUT2D eigenvalue weighted by Gasteiger charge is 2.40. The highest BCUT2D eigenvalue weighted by molar-refractivity contribution is 6.15. The molecule has 37 heavy (non-hydrogen) atoms. The maximum absolute atomic E-state index is 13.3.